The predicted molar refractivity (Wildman–Crippen MR) is 117 cm³/mol. The third kappa shape index (κ3) is 5.54. The number of nitrogens with zero attached hydrogens (tertiary/aromatic N) is 1. The molecule has 1 heterocycles. The molecule has 0 atom stereocenters. The molecule has 0 aliphatic carbocycles. The fraction of sp³-hybridized carbons (Fsp3) is 0.300. The molecule has 1 aliphatic heterocycles. The Morgan fingerprint density at radius 3 is 2.33 bits per heavy atom. The topological polar surface area (TPSA) is 97.0 Å². The molecule has 0 bridgehead atoms. The monoisotopic (exact) mass is 449 g/mol. The van der Waals surface area contributed by atoms with Gasteiger partial charge >= 0.3 is 5.97 Å². The second kappa shape index (κ2) is 9.98. The van der Waals surface area contributed by atoms with E-state index in [4.69, 9.17) is 17.0 Å². The number of carbonyl (C=O) groups excluding carboxylic acids is 1. The number of hydrogen-bond donors (Lipinski definition) is 2. The Kier molecular flexibility index (Phi) is 7.38. The van der Waals surface area contributed by atoms with Crippen molar-refractivity contribution >= 4 is 39.0 Å². The summed E-state index contributed by atoms with van der Waals surface area (Å²) in [6, 6.07) is 13.5. The Morgan fingerprint density at radius 1 is 1.10 bits per heavy atom. The van der Waals surface area contributed by atoms with Crippen molar-refractivity contribution in [2.45, 2.75) is 11.4 Å². The number of sulfonamides is 1. The smallest absolute Gasteiger partial charge is 0.337 e. The van der Waals surface area contributed by atoms with E-state index in [1.165, 1.54) is 11.4 Å². The minimum atomic E-state index is -3.52. The van der Waals surface area contributed by atoms with Gasteiger partial charge in [0.05, 0.1) is 30.8 Å². The molecule has 1 fully saturated rings. The number of morpholine rings is 1. The fourth-order valence-corrected chi connectivity index (χ4v) is 4.48. The van der Waals surface area contributed by atoms with Gasteiger partial charge in [-0.25, -0.2) is 13.2 Å². The summed E-state index contributed by atoms with van der Waals surface area (Å²) in [6.45, 7) is 2.00. The highest BCUT2D eigenvalue weighted by Gasteiger charge is 2.26. The standard InChI is InChI=1S/C20H23N3O5S2/c1-27-19(24)16-4-2-15(3-5-16)14-21-20(29)22-17-6-8-18(9-7-17)30(25,26)23-10-12-28-13-11-23/h2-9H,10-14H2,1H3,(H2,21,22,29). The van der Waals surface area contributed by atoms with Gasteiger partial charge < -0.3 is 20.1 Å². The SMILES string of the molecule is COC(=O)c1ccc(CNC(=S)Nc2ccc(S(=O)(=O)N3CCOCC3)cc2)cc1. The minimum Gasteiger partial charge on any atom is -0.465 e. The van der Waals surface area contributed by atoms with Crippen molar-refractivity contribution in [2.75, 3.05) is 38.7 Å². The van der Waals surface area contributed by atoms with E-state index < -0.39 is 10.0 Å². The average Bonchev–Trinajstić information content (AvgIpc) is 2.78. The van der Waals surface area contributed by atoms with E-state index >= 15 is 0 Å². The van der Waals surface area contributed by atoms with Gasteiger partial charge in [-0.15, -0.1) is 0 Å². The van der Waals surface area contributed by atoms with Crippen LogP contribution in [0.2, 0.25) is 0 Å². The van der Waals surface area contributed by atoms with Crippen LogP contribution in [-0.4, -0.2) is 57.2 Å². The quantitative estimate of drug-likeness (QED) is 0.511. The van der Waals surface area contributed by atoms with Crippen LogP contribution in [0.4, 0.5) is 5.69 Å². The number of benzene rings is 2. The Balaban J connectivity index is 1.53. The lowest BCUT2D eigenvalue weighted by atomic mass is 10.1. The zero-order valence-corrected chi connectivity index (χ0v) is 18.1. The van der Waals surface area contributed by atoms with Crippen molar-refractivity contribution in [3.63, 3.8) is 0 Å². The van der Waals surface area contributed by atoms with Gasteiger partial charge in [0, 0.05) is 25.3 Å². The first-order valence-electron chi connectivity index (χ1n) is 9.30. The second-order valence-corrected chi connectivity index (χ2v) is 8.88. The molecule has 0 amide bonds. The van der Waals surface area contributed by atoms with Crippen LogP contribution in [0.15, 0.2) is 53.4 Å². The van der Waals surface area contributed by atoms with E-state index in [9.17, 15) is 13.2 Å². The molecule has 1 saturated heterocycles. The van der Waals surface area contributed by atoms with Crippen LogP contribution in [0, 0.1) is 0 Å². The number of anilines is 1. The number of carbonyl (C=O) groups is 1. The second-order valence-electron chi connectivity index (χ2n) is 6.54. The summed E-state index contributed by atoms with van der Waals surface area (Å²) >= 11 is 5.29. The van der Waals surface area contributed by atoms with Gasteiger partial charge in [0.2, 0.25) is 10.0 Å². The molecule has 2 aromatic rings. The summed E-state index contributed by atoms with van der Waals surface area (Å²) in [7, 11) is -2.18. The number of nitrogens with one attached hydrogen (secondary N) is 2. The van der Waals surface area contributed by atoms with Crippen LogP contribution in [0.25, 0.3) is 0 Å². The van der Waals surface area contributed by atoms with E-state index in [1.807, 2.05) is 12.1 Å². The number of methoxy groups -OCH3 is 1. The zero-order chi connectivity index (χ0) is 21.6. The van der Waals surface area contributed by atoms with Crippen molar-refractivity contribution in [3.8, 4) is 0 Å². The molecule has 0 saturated carbocycles. The molecular weight excluding hydrogens is 426 g/mol. The lowest BCUT2D eigenvalue weighted by Crippen LogP contribution is -2.40. The summed E-state index contributed by atoms with van der Waals surface area (Å²) in [4.78, 5) is 11.7. The van der Waals surface area contributed by atoms with E-state index in [1.54, 1.807) is 36.4 Å². The average molecular weight is 450 g/mol. The van der Waals surface area contributed by atoms with Gasteiger partial charge in [-0.1, -0.05) is 12.1 Å². The molecule has 10 heteroatoms. The van der Waals surface area contributed by atoms with Crippen LogP contribution in [-0.2, 0) is 26.0 Å². The summed E-state index contributed by atoms with van der Waals surface area (Å²) in [5.41, 5.74) is 2.10. The Labute approximate surface area is 181 Å². The van der Waals surface area contributed by atoms with E-state index in [2.05, 4.69) is 15.4 Å². The van der Waals surface area contributed by atoms with Crippen LogP contribution < -0.4 is 10.6 Å². The zero-order valence-electron chi connectivity index (χ0n) is 16.5. The molecule has 0 aromatic heterocycles. The van der Waals surface area contributed by atoms with Gasteiger partial charge in [-0.3, -0.25) is 0 Å². The predicted octanol–water partition coefficient (Wildman–Crippen LogP) is 1.98. The normalized spacial score (nSPS) is 14.7. The third-order valence-corrected chi connectivity index (χ3v) is 6.71. The van der Waals surface area contributed by atoms with Crippen molar-refractivity contribution in [1.82, 2.24) is 9.62 Å². The molecule has 2 N–H and O–H groups in total. The molecule has 2 aromatic carbocycles. The Morgan fingerprint density at radius 2 is 1.73 bits per heavy atom. The van der Waals surface area contributed by atoms with Gasteiger partial charge in [0.1, 0.15) is 0 Å². The van der Waals surface area contributed by atoms with Crippen molar-refractivity contribution < 1.29 is 22.7 Å². The van der Waals surface area contributed by atoms with Crippen LogP contribution >= 0.6 is 12.2 Å². The highest BCUT2D eigenvalue weighted by Crippen LogP contribution is 2.19. The molecule has 30 heavy (non-hydrogen) atoms. The number of thiocarbonyl (C=S) groups is 1. The van der Waals surface area contributed by atoms with Gasteiger partial charge in [0.15, 0.2) is 5.11 Å². The van der Waals surface area contributed by atoms with E-state index in [0.29, 0.717) is 49.2 Å². The molecule has 160 valence electrons. The highest BCUT2D eigenvalue weighted by atomic mass is 32.2. The fourth-order valence-electron chi connectivity index (χ4n) is 2.88. The lowest BCUT2D eigenvalue weighted by molar-refractivity contribution is 0.0600. The van der Waals surface area contributed by atoms with Crippen molar-refractivity contribution in [2.24, 2.45) is 0 Å². The maximum Gasteiger partial charge on any atom is 0.337 e. The first kappa shape index (κ1) is 22.2. The maximum absolute atomic E-state index is 12.6. The third-order valence-electron chi connectivity index (χ3n) is 4.55. The molecule has 0 unspecified atom stereocenters. The van der Waals surface area contributed by atoms with Crippen LogP contribution in [0.5, 0.6) is 0 Å². The first-order valence-corrected chi connectivity index (χ1v) is 11.1. The van der Waals surface area contributed by atoms with Crippen LogP contribution in [0.3, 0.4) is 0 Å². The summed E-state index contributed by atoms with van der Waals surface area (Å²) in [5, 5.41) is 6.50. The van der Waals surface area contributed by atoms with Gasteiger partial charge in [-0.05, 0) is 54.2 Å². The van der Waals surface area contributed by atoms with E-state index in [0.717, 1.165) is 5.56 Å². The first-order chi connectivity index (χ1) is 14.4. The Hall–Kier alpha value is -2.53. The van der Waals surface area contributed by atoms with Gasteiger partial charge in [-0.2, -0.15) is 4.31 Å². The van der Waals surface area contributed by atoms with E-state index in [-0.39, 0.29) is 10.9 Å². The largest absolute Gasteiger partial charge is 0.465 e. The molecule has 0 spiro atoms. The molecule has 1 aliphatic rings. The van der Waals surface area contributed by atoms with Crippen molar-refractivity contribution in [1.29, 1.82) is 0 Å². The lowest BCUT2D eigenvalue weighted by Gasteiger charge is -2.26. The molecule has 3 rings (SSSR count). The minimum absolute atomic E-state index is 0.236. The number of ether oxygens (including phenoxy) is 2. The Bertz CT molecular complexity index is 986. The molecule has 8 nitrogen and oxygen atoms in total. The van der Waals surface area contributed by atoms with Crippen LogP contribution in [0.1, 0.15) is 15.9 Å². The summed E-state index contributed by atoms with van der Waals surface area (Å²) in [5.74, 6) is -0.384. The number of hydrogen-bond acceptors (Lipinski definition) is 6. The molecular formula is C20H23N3O5S2. The number of esters is 1. The van der Waals surface area contributed by atoms with Crippen molar-refractivity contribution in [3.05, 3.63) is 59.7 Å². The maximum atomic E-state index is 12.6. The summed E-state index contributed by atoms with van der Waals surface area (Å²) in [6.07, 6.45) is 0. The number of rotatable bonds is 6. The highest BCUT2D eigenvalue weighted by molar-refractivity contribution is 7.89. The summed E-state index contributed by atoms with van der Waals surface area (Å²) < 4.78 is 36.6. The molecule has 0 radical (unpaired) electrons. The van der Waals surface area contributed by atoms with Gasteiger partial charge in [0.25, 0.3) is 0 Å².